The molecule has 3 rings (SSSR count). The van der Waals surface area contributed by atoms with Gasteiger partial charge in [-0.3, -0.25) is 4.79 Å². The summed E-state index contributed by atoms with van der Waals surface area (Å²) in [5, 5.41) is 10.9. The lowest BCUT2D eigenvalue weighted by Gasteiger charge is -2.32. The molecule has 0 saturated carbocycles. The lowest BCUT2D eigenvalue weighted by Crippen LogP contribution is -2.34. The molecule has 1 N–H and O–H groups in total. The van der Waals surface area contributed by atoms with Gasteiger partial charge in [-0.25, -0.2) is 9.97 Å². The number of rotatable bonds is 4. The first-order valence-electron chi connectivity index (χ1n) is 7.30. The maximum atomic E-state index is 10.7. The summed E-state index contributed by atoms with van der Waals surface area (Å²) >= 11 is 1.70. The van der Waals surface area contributed by atoms with Gasteiger partial charge in [0.25, 0.3) is 0 Å². The molecule has 0 radical (unpaired) electrons. The van der Waals surface area contributed by atoms with Crippen molar-refractivity contribution in [2.45, 2.75) is 32.6 Å². The van der Waals surface area contributed by atoms with Crippen molar-refractivity contribution in [3.8, 4) is 0 Å². The van der Waals surface area contributed by atoms with E-state index in [1.165, 1.54) is 10.3 Å². The van der Waals surface area contributed by atoms with E-state index in [2.05, 4.69) is 27.2 Å². The SMILES string of the molecule is Cc1csc2c(N3CCC(CCC(=O)O)CC3)ncnc12. The summed E-state index contributed by atoms with van der Waals surface area (Å²) in [6.45, 7) is 3.98. The van der Waals surface area contributed by atoms with Crippen molar-refractivity contribution in [3.05, 3.63) is 17.3 Å². The lowest BCUT2D eigenvalue weighted by atomic mass is 9.92. The monoisotopic (exact) mass is 305 g/mol. The summed E-state index contributed by atoms with van der Waals surface area (Å²) in [5.41, 5.74) is 2.26. The number of thiophene rings is 1. The van der Waals surface area contributed by atoms with Crippen molar-refractivity contribution >= 4 is 33.3 Å². The van der Waals surface area contributed by atoms with Crippen LogP contribution in [0.4, 0.5) is 5.82 Å². The maximum Gasteiger partial charge on any atom is 0.303 e. The minimum Gasteiger partial charge on any atom is -0.481 e. The Hall–Kier alpha value is -1.69. The third-order valence-corrected chi connectivity index (χ3v) is 5.28. The molecule has 6 heteroatoms. The van der Waals surface area contributed by atoms with E-state index >= 15 is 0 Å². The predicted octanol–water partition coefficient (Wildman–Crippen LogP) is 3.08. The fourth-order valence-corrected chi connectivity index (χ4v) is 3.96. The van der Waals surface area contributed by atoms with Crippen LogP contribution in [0, 0.1) is 12.8 Å². The normalized spacial score (nSPS) is 16.5. The van der Waals surface area contributed by atoms with E-state index in [0.717, 1.165) is 43.7 Å². The predicted molar refractivity (Wildman–Crippen MR) is 84.0 cm³/mol. The summed E-state index contributed by atoms with van der Waals surface area (Å²) in [5.74, 6) is 0.874. The Labute approximate surface area is 127 Å². The average Bonchev–Trinajstić information content (AvgIpc) is 2.87. The molecule has 1 saturated heterocycles. The van der Waals surface area contributed by atoms with E-state index in [4.69, 9.17) is 5.11 Å². The molecule has 2 aromatic heterocycles. The molecule has 5 nitrogen and oxygen atoms in total. The zero-order valence-electron chi connectivity index (χ0n) is 12.1. The molecule has 21 heavy (non-hydrogen) atoms. The minimum absolute atomic E-state index is 0.284. The van der Waals surface area contributed by atoms with Crippen molar-refractivity contribution < 1.29 is 9.90 Å². The zero-order chi connectivity index (χ0) is 14.8. The Morgan fingerprint density at radius 3 is 2.90 bits per heavy atom. The summed E-state index contributed by atoms with van der Waals surface area (Å²) in [6, 6.07) is 0. The summed E-state index contributed by atoms with van der Waals surface area (Å²) in [7, 11) is 0. The first-order valence-corrected chi connectivity index (χ1v) is 8.18. The van der Waals surface area contributed by atoms with E-state index in [0.29, 0.717) is 5.92 Å². The standard InChI is InChI=1S/C15H19N3O2S/c1-10-8-21-14-13(10)16-9-17-15(14)18-6-4-11(5-7-18)2-3-12(19)20/h8-9,11H,2-7H2,1H3,(H,19,20). The van der Waals surface area contributed by atoms with Gasteiger partial charge in [-0.15, -0.1) is 11.3 Å². The van der Waals surface area contributed by atoms with Crippen molar-refractivity contribution in [2.75, 3.05) is 18.0 Å². The molecule has 0 aliphatic carbocycles. The van der Waals surface area contributed by atoms with Crippen molar-refractivity contribution in [2.24, 2.45) is 5.92 Å². The van der Waals surface area contributed by atoms with Gasteiger partial charge in [0.1, 0.15) is 12.1 Å². The summed E-state index contributed by atoms with van der Waals surface area (Å²) in [6.07, 6.45) is 4.81. The Morgan fingerprint density at radius 2 is 2.19 bits per heavy atom. The second-order valence-electron chi connectivity index (χ2n) is 5.66. The molecule has 0 unspecified atom stereocenters. The molecule has 3 heterocycles. The Kier molecular flexibility index (Phi) is 4.05. The first kappa shape index (κ1) is 14.3. The van der Waals surface area contributed by atoms with Crippen LogP contribution < -0.4 is 4.90 Å². The van der Waals surface area contributed by atoms with Crippen molar-refractivity contribution in [3.63, 3.8) is 0 Å². The molecule has 0 amide bonds. The second kappa shape index (κ2) is 5.97. The molecule has 0 bridgehead atoms. The topological polar surface area (TPSA) is 66.3 Å². The van der Waals surface area contributed by atoms with Crippen molar-refractivity contribution in [1.82, 2.24) is 9.97 Å². The lowest BCUT2D eigenvalue weighted by molar-refractivity contribution is -0.137. The van der Waals surface area contributed by atoms with Crippen LogP contribution in [0.5, 0.6) is 0 Å². The number of aryl methyl sites for hydroxylation is 1. The number of piperidine rings is 1. The van der Waals surface area contributed by atoms with Gasteiger partial charge in [0.05, 0.1) is 10.2 Å². The number of anilines is 1. The summed E-state index contributed by atoms with van der Waals surface area (Å²) in [4.78, 5) is 21.8. The van der Waals surface area contributed by atoms with Gasteiger partial charge in [-0.2, -0.15) is 0 Å². The molecule has 1 aliphatic rings. The largest absolute Gasteiger partial charge is 0.481 e. The molecule has 1 fully saturated rings. The number of aromatic nitrogens is 2. The fourth-order valence-electron chi connectivity index (χ4n) is 2.94. The highest BCUT2D eigenvalue weighted by Gasteiger charge is 2.22. The molecular formula is C15H19N3O2S. The number of nitrogens with zero attached hydrogens (tertiary/aromatic N) is 3. The van der Waals surface area contributed by atoms with Crippen LogP contribution in [-0.2, 0) is 4.79 Å². The van der Waals surface area contributed by atoms with Gasteiger partial charge in [-0.05, 0) is 43.0 Å². The molecule has 112 valence electrons. The zero-order valence-corrected chi connectivity index (χ0v) is 12.9. The number of fused-ring (bicyclic) bond motifs is 1. The van der Waals surface area contributed by atoms with E-state index in [1.54, 1.807) is 17.7 Å². The highest BCUT2D eigenvalue weighted by molar-refractivity contribution is 7.18. The van der Waals surface area contributed by atoms with Crippen LogP contribution in [0.15, 0.2) is 11.7 Å². The number of carboxylic acid groups (broad SMARTS) is 1. The third-order valence-electron chi connectivity index (χ3n) is 4.19. The molecule has 0 aromatic carbocycles. The number of carboxylic acids is 1. The highest BCUT2D eigenvalue weighted by atomic mass is 32.1. The number of hydrogen-bond donors (Lipinski definition) is 1. The maximum absolute atomic E-state index is 10.7. The second-order valence-corrected chi connectivity index (χ2v) is 6.54. The average molecular weight is 305 g/mol. The summed E-state index contributed by atoms with van der Waals surface area (Å²) < 4.78 is 1.17. The van der Waals surface area contributed by atoms with Gasteiger partial charge >= 0.3 is 5.97 Å². The number of carbonyl (C=O) groups is 1. The number of hydrogen-bond acceptors (Lipinski definition) is 5. The van der Waals surface area contributed by atoms with E-state index in [9.17, 15) is 4.79 Å². The van der Waals surface area contributed by atoms with Crippen molar-refractivity contribution in [1.29, 1.82) is 0 Å². The smallest absolute Gasteiger partial charge is 0.303 e. The Morgan fingerprint density at radius 1 is 1.43 bits per heavy atom. The molecule has 0 atom stereocenters. The molecule has 2 aromatic rings. The van der Waals surface area contributed by atoms with Gasteiger partial charge in [0.15, 0.2) is 0 Å². The van der Waals surface area contributed by atoms with E-state index < -0.39 is 5.97 Å². The quantitative estimate of drug-likeness (QED) is 0.940. The van der Waals surface area contributed by atoms with Crippen LogP contribution in [-0.4, -0.2) is 34.1 Å². The minimum atomic E-state index is -0.691. The van der Waals surface area contributed by atoms with Crippen LogP contribution >= 0.6 is 11.3 Å². The van der Waals surface area contributed by atoms with Gasteiger partial charge < -0.3 is 10.0 Å². The molecule has 0 spiro atoms. The molecular weight excluding hydrogens is 286 g/mol. The molecule has 1 aliphatic heterocycles. The van der Waals surface area contributed by atoms with Gasteiger partial charge in [0, 0.05) is 19.5 Å². The van der Waals surface area contributed by atoms with E-state index in [-0.39, 0.29) is 6.42 Å². The van der Waals surface area contributed by atoms with Crippen LogP contribution in [0.25, 0.3) is 10.2 Å². The Bertz CT molecular complexity index is 647. The highest BCUT2D eigenvalue weighted by Crippen LogP contribution is 2.33. The van der Waals surface area contributed by atoms with Crippen LogP contribution in [0.1, 0.15) is 31.2 Å². The van der Waals surface area contributed by atoms with Crippen LogP contribution in [0.3, 0.4) is 0 Å². The Balaban J connectivity index is 1.70. The number of aliphatic carboxylic acids is 1. The van der Waals surface area contributed by atoms with E-state index in [1.807, 2.05) is 0 Å². The first-order chi connectivity index (χ1) is 10.1. The van der Waals surface area contributed by atoms with Crippen LogP contribution in [0.2, 0.25) is 0 Å². The fraction of sp³-hybridized carbons (Fsp3) is 0.533. The van der Waals surface area contributed by atoms with Gasteiger partial charge in [-0.1, -0.05) is 0 Å². The third kappa shape index (κ3) is 3.00. The van der Waals surface area contributed by atoms with Gasteiger partial charge in [0.2, 0.25) is 0 Å².